The van der Waals surface area contributed by atoms with Gasteiger partial charge < -0.3 is 17.4 Å². The van der Waals surface area contributed by atoms with Gasteiger partial charge in [0.25, 0.3) is 0 Å². The number of hydrogen-bond acceptors (Lipinski definition) is 4. The lowest BCUT2D eigenvalue weighted by Gasteiger charge is -2.43. The topological polar surface area (TPSA) is 36.9 Å². The van der Waals surface area contributed by atoms with Gasteiger partial charge in [-0.3, -0.25) is 0 Å². The van der Waals surface area contributed by atoms with Crippen LogP contribution in [0.3, 0.4) is 0 Å². The molecule has 0 aromatic carbocycles. The Balaban J connectivity index is 5.45. The molecule has 158 valence electrons. The Morgan fingerprint density at radius 2 is 1.00 bits per heavy atom. The third kappa shape index (κ3) is 13.6. The monoisotopic (exact) mass is 422 g/mol. The van der Waals surface area contributed by atoms with Crippen LogP contribution in [0.15, 0.2) is 0 Å². The molecule has 0 aromatic heterocycles. The highest BCUT2D eigenvalue weighted by molar-refractivity contribution is 6.77. The van der Waals surface area contributed by atoms with Crippen molar-refractivity contribution in [1.29, 1.82) is 0 Å². The van der Waals surface area contributed by atoms with Crippen LogP contribution in [0, 0.1) is 0 Å². The van der Waals surface area contributed by atoms with Gasteiger partial charge in [-0.1, -0.05) is 0 Å². The normalized spacial score (nSPS) is 15.0. The zero-order valence-electron chi connectivity index (χ0n) is 19.8. The van der Waals surface area contributed by atoms with Crippen LogP contribution in [0.4, 0.5) is 0 Å². The van der Waals surface area contributed by atoms with Crippen molar-refractivity contribution in [1.82, 2.24) is 0 Å². The molecular weight excluding hydrogens is 376 g/mol. The smallest absolute Gasteiger partial charge is 0.458 e. The van der Waals surface area contributed by atoms with Gasteiger partial charge in [-0.2, -0.15) is 0 Å². The standard InChI is InChI=1S/C19H46O4Si3/c1-17(2,3)20-26(21-18(4,5)6,22-19(7,8)9)16-14-15-25(12,13)23-24(10)11/h24H,14-16H2,1-13H3. The second-order valence-corrected chi connectivity index (χ2v) is 20.6. The maximum Gasteiger partial charge on any atom is 0.502 e. The Hall–Kier alpha value is 0.491. The van der Waals surface area contributed by atoms with Crippen molar-refractivity contribution in [3.63, 3.8) is 0 Å². The minimum atomic E-state index is -2.86. The van der Waals surface area contributed by atoms with Crippen molar-refractivity contribution in [3.05, 3.63) is 0 Å². The molecule has 0 rings (SSSR count). The molecule has 0 atom stereocenters. The second-order valence-electron chi connectivity index (χ2n) is 11.1. The van der Waals surface area contributed by atoms with Gasteiger partial charge in [0.15, 0.2) is 17.4 Å². The van der Waals surface area contributed by atoms with Crippen LogP contribution in [0.5, 0.6) is 0 Å². The summed E-state index contributed by atoms with van der Waals surface area (Å²) < 4.78 is 26.0. The fourth-order valence-electron chi connectivity index (χ4n) is 3.04. The molecule has 0 bridgehead atoms. The molecule has 0 saturated heterocycles. The molecule has 4 nitrogen and oxygen atoms in total. The van der Waals surface area contributed by atoms with Crippen LogP contribution in [0.1, 0.15) is 68.7 Å². The van der Waals surface area contributed by atoms with E-state index < -0.39 is 26.2 Å². The van der Waals surface area contributed by atoms with Crippen molar-refractivity contribution in [2.24, 2.45) is 0 Å². The molecule has 0 aliphatic carbocycles. The molecule has 0 spiro atoms. The van der Waals surface area contributed by atoms with Crippen LogP contribution in [0.25, 0.3) is 0 Å². The van der Waals surface area contributed by atoms with Gasteiger partial charge in [0.1, 0.15) is 0 Å². The highest BCUT2D eigenvalue weighted by Crippen LogP contribution is 2.34. The van der Waals surface area contributed by atoms with E-state index in [4.69, 9.17) is 17.4 Å². The van der Waals surface area contributed by atoms with E-state index in [2.05, 4.69) is 88.5 Å². The van der Waals surface area contributed by atoms with Crippen molar-refractivity contribution in [2.45, 2.75) is 124 Å². The van der Waals surface area contributed by atoms with E-state index in [0.29, 0.717) is 0 Å². The van der Waals surface area contributed by atoms with Crippen LogP contribution in [-0.4, -0.2) is 43.0 Å². The highest BCUT2D eigenvalue weighted by Gasteiger charge is 2.49. The van der Waals surface area contributed by atoms with E-state index in [1.807, 2.05) is 0 Å². The summed E-state index contributed by atoms with van der Waals surface area (Å²) in [6.07, 6.45) is 1.02. The van der Waals surface area contributed by atoms with Gasteiger partial charge in [-0.15, -0.1) is 0 Å². The van der Waals surface area contributed by atoms with Crippen LogP contribution >= 0.6 is 0 Å². The van der Waals surface area contributed by atoms with Gasteiger partial charge in [0.2, 0.25) is 0 Å². The summed E-state index contributed by atoms with van der Waals surface area (Å²) >= 11 is 0. The molecule has 0 aromatic rings. The highest BCUT2D eigenvalue weighted by atomic mass is 28.4. The molecule has 0 amide bonds. The summed E-state index contributed by atoms with van der Waals surface area (Å²) in [4.78, 5) is 0. The predicted molar refractivity (Wildman–Crippen MR) is 120 cm³/mol. The molecule has 0 fully saturated rings. The van der Waals surface area contributed by atoms with E-state index in [0.717, 1.165) is 18.5 Å². The Morgan fingerprint density at radius 1 is 0.654 bits per heavy atom. The molecule has 0 radical (unpaired) electrons. The zero-order chi connectivity index (χ0) is 21.0. The SMILES string of the molecule is C[SiH](C)O[Si](C)(C)CCC[Si](OC(C)(C)C)(OC(C)(C)C)OC(C)(C)C. The van der Waals surface area contributed by atoms with Gasteiger partial charge >= 0.3 is 8.80 Å². The van der Waals surface area contributed by atoms with Crippen molar-refractivity contribution >= 4 is 26.2 Å². The third-order valence-electron chi connectivity index (χ3n) is 3.20. The van der Waals surface area contributed by atoms with Crippen molar-refractivity contribution in [3.8, 4) is 0 Å². The van der Waals surface area contributed by atoms with E-state index >= 15 is 0 Å². The molecular formula is C19H46O4Si3. The first kappa shape index (κ1) is 26.5. The fraction of sp³-hybridized carbons (Fsp3) is 1.00. The Kier molecular flexibility index (Phi) is 9.50. The molecule has 0 aliphatic rings. The molecule has 0 heterocycles. The van der Waals surface area contributed by atoms with Crippen LogP contribution < -0.4 is 0 Å². The maximum atomic E-state index is 6.55. The van der Waals surface area contributed by atoms with E-state index in [-0.39, 0.29) is 16.8 Å². The predicted octanol–water partition coefficient (Wildman–Crippen LogP) is 5.97. The molecule has 0 N–H and O–H groups in total. The van der Waals surface area contributed by atoms with Crippen molar-refractivity contribution < 1.29 is 17.4 Å². The van der Waals surface area contributed by atoms with Gasteiger partial charge in [-0.05, 0) is 101 Å². The summed E-state index contributed by atoms with van der Waals surface area (Å²) in [5, 5.41) is 0. The quantitative estimate of drug-likeness (QED) is 0.429. The minimum Gasteiger partial charge on any atom is -0.458 e. The van der Waals surface area contributed by atoms with E-state index in [9.17, 15) is 0 Å². The summed E-state index contributed by atoms with van der Waals surface area (Å²) in [6.45, 7) is 27.9. The van der Waals surface area contributed by atoms with E-state index in [1.54, 1.807) is 0 Å². The Bertz CT molecular complexity index is 377. The van der Waals surface area contributed by atoms with Crippen molar-refractivity contribution in [2.75, 3.05) is 0 Å². The first-order valence-electron chi connectivity index (χ1n) is 10.0. The molecule has 26 heavy (non-hydrogen) atoms. The maximum absolute atomic E-state index is 6.55. The second kappa shape index (κ2) is 9.33. The minimum absolute atomic E-state index is 0.309. The molecule has 0 unspecified atom stereocenters. The lowest BCUT2D eigenvalue weighted by Crippen LogP contribution is -2.57. The molecule has 7 heteroatoms. The Morgan fingerprint density at radius 3 is 1.27 bits per heavy atom. The summed E-state index contributed by atoms with van der Waals surface area (Å²) in [7, 11) is -5.49. The lowest BCUT2D eigenvalue weighted by molar-refractivity contribution is -0.0752. The van der Waals surface area contributed by atoms with Gasteiger partial charge in [-0.25, -0.2) is 0 Å². The third-order valence-corrected chi connectivity index (χ3v) is 12.9. The van der Waals surface area contributed by atoms with Gasteiger partial charge in [0.05, 0.1) is 16.8 Å². The van der Waals surface area contributed by atoms with Gasteiger partial charge in [0, 0.05) is 6.04 Å². The van der Waals surface area contributed by atoms with Crippen LogP contribution in [0.2, 0.25) is 38.3 Å². The largest absolute Gasteiger partial charge is 0.502 e. The zero-order valence-corrected chi connectivity index (χ0v) is 23.0. The number of hydrogen-bond donors (Lipinski definition) is 0. The van der Waals surface area contributed by atoms with E-state index in [1.165, 1.54) is 0 Å². The Labute approximate surface area is 167 Å². The average Bonchev–Trinajstić information content (AvgIpc) is 2.16. The first-order chi connectivity index (χ1) is 11.2. The number of rotatable bonds is 9. The molecule has 0 saturated carbocycles. The molecule has 0 aliphatic heterocycles. The fourth-order valence-corrected chi connectivity index (χ4v) is 13.8. The van der Waals surface area contributed by atoms with Crippen LogP contribution in [-0.2, 0) is 17.4 Å². The first-order valence-corrected chi connectivity index (χ1v) is 17.9. The summed E-state index contributed by atoms with van der Waals surface area (Å²) in [5.74, 6) is 0. The lowest BCUT2D eigenvalue weighted by atomic mass is 10.2. The summed E-state index contributed by atoms with van der Waals surface area (Å²) in [6, 6.07) is 1.94. The average molecular weight is 423 g/mol. The summed E-state index contributed by atoms with van der Waals surface area (Å²) in [5.41, 5.74) is -0.926.